The van der Waals surface area contributed by atoms with Gasteiger partial charge in [0.15, 0.2) is 0 Å². The Morgan fingerprint density at radius 1 is 1.30 bits per heavy atom. The van der Waals surface area contributed by atoms with E-state index in [1.54, 1.807) is 0 Å². The first-order chi connectivity index (χ1) is 9.53. The molecule has 0 radical (unpaired) electrons. The zero-order valence-electron chi connectivity index (χ0n) is 12.7. The third-order valence-electron chi connectivity index (χ3n) is 4.26. The number of ether oxygens (including phenoxy) is 1. The monoisotopic (exact) mass is 288 g/mol. The zero-order chi connectivity index (χ0) is 14.6. The summed E-state index contributed by atoms with van der Waals surface area (Å²) in [6, 6.07) is 12.1. The van der Waals surface area contributed by atoms with Crippen LogP contribution in [0.2, 0.25) is 19.1 Å². The molecular formula is C17H24O2Si. The molecule has 0 amide bonds. The summed E-state index contributed by atoms with van der Waals surface area (Å²) < 4.78 is 4.84. The van der Waals surface area contributed by atoms with Gasteiger partial charge in [0.2, 0.25) is 0 Å². The SMILES string of the molecule is COC(=O)[C@@H]1CC=C(C[Si](C)(C)c2ccccc2)CC1. The number of allylic oxidation sites excluding steroid dienone is 2. The molecule has 20 heavy (non-hydrogen) atoms. The van der Waals surface area contributed by atoms with Gasteiger partial charge in [-0.15, -0.1) is 0 Å². The summed E-state index contributed by atoms with van der Waals surface area (Å²) in [7, 11) is 0.0704. The molecule has 0 fully saturated rings. The van der Waals surface area contributed by atoms with Gasteiger partial charge < -0.3 is 4.74 Å². The van der Waals surface area contributed by atoms with Crippen LogP contribution < -0.4 is 5.19 Å². The van der Waals surface area contributed by atoms with E-state index in [4.69, 9.17) is 4.74 Å². The summed E-state index contributed by atoms with van der Waals surface area (Å²) in [6.07, 6.45) is 5.12. The van der Waals surface area contributed by atoms with E-state index in [0.29, 0.717) is 0 Å². The van der Waals surface area contributed by atoms with Crippen LogP contribution in [0.3, 0.4) is 0 Å². The van der Waals surface area contributed by atoms with Crippen molar-refractivity contribution < 1.29 is 9.53 Å². The third-order valence-corrected chi connectivity index (χ3v) is 7.50. The lowest BCUT2D eigenvalue weighted by Crippen LogP contribution is -2.41. The van der Waals surface area contributed by atoms with Crippen LogP contribution in [0.5, 0.6) is 0 Å². The average molecular weight is 288 g/mol. The quantitative estimate of drug-likeness (QED) is 0.481. The lowest BCUT2D eigenvalue weighted by molar-refractivity contribution is -0.145. The van der Waals surface area contributed by atoms with Crippen LogP contribution in [0, 0.1) is 5.92 Å². The maximum Gasteiger partial charge on any atom is 0.308 e. The lowest BCUT2D eigenvalue weighted by atomic mass is 9.90. The number of methoxy groups -OCH3 is 1. The van der Waals surface area contributed by atoms with Gasteiger partial charge in [-0.3, -0.25) is 4.79 Å². The number of benzene rings is 1. The maximum atomic E-state index is 11.5. The highest BCUT2D eigenvalue weighted by Crippen LogP contribution is 2.29. The Hall–Kier alpha value is -1.35. The van der Waals surface area contributed by atoms with Crippen molar-refractivity contribution in [1.29, 1.82) is 0 Å². The zero-order valence-corrected chi connectivity index (χ0v) is 13.7. The fraction of sp³-hybridized carbons (Fsp3) is 0.471. The normalized spacial score (nSPS) is 19.4. The molecule has 0 N–H and O–H groups in total. The molecule has 0 unspecified atom stereocenters. The number of carbonyl (C=O) groups excluding carboxylic acids is 1. The maximum absolute atomic E-state index is 11.5. The molecule has 1 aromatic carbocycles. The Balaban J connectivity index is 2.01. The largest absolute Gasteiger partial charge is 0.469 e. The fourth-order valence-corrected chi connectivity index (χ4v) is 5.74. The van der Waals surface area contributed by atoms with Crippen molar-refractivity contribution in [3.63, 3.8) is 0 Å². The molecule has 0 aromatic heterocycles. The van der Waals surface area contributed by atoms with Crippen molar-refractivity contribution in [2.75, 3.05) is 7.11 Å². The minimum absolute atomic E-state index is 0.0557. The molecule has 2 nitrogen and oxygen atoms in total. The smallest absolute Gasteiger partial charge is 0.308 e. The predicted octanol–water partition coefficient (Wildman–Crippen LogP) is 3.50. The number of esters is 1. The topological polar surface area (TPSA) is 26.3 Å². The second kappa shape index (κ2) is 6.40. The minimum Gasteiger partial charge on any atom is -0.469 e. The molecule has 0 aliphatic heterocycles. The van der Waals surface area contributed by atoms with Gasteiger partial charge in [0.25, 0.3) is 0 Å². The highest BCUT2D eigenvalue weighted by molar-refractivity contribution is 6.90. The molecule has 0 spiro atoms. The Bertz CT molecular complexity index is 491. The molecule has 2 rings (SSSR count). The summed E-state index contributed by atoms with van der Waals surface area (Å²) in [5.74, 6) is 0.0186. The number of hydrogen-bond donors (Lipinski definition) is 0. The molecule has 0 bridgehead atoms. The third kappa shape index (κ3) is 3.60. The standard InChI is InChI=1S/C17H24O2Si/c1-19-17(18)15-11-9-14(10-12-15)13-20(2,3)16-7-5-4-6-8-16/h4-9,15H,10-13H2,1-3H3/t15-/m1/s1. The van der Waals surface area contributed by atoms with Gasteiger partial charge in [0.05, 0.1) is 21.1 Å². The van der Waals surface area contributed by atoms with E-state index >= 15 is 0 Å². The van der Waals surface area contributed by atoms with Gasteiger partial charge in [0.1, 0.15) is 0 Å². The Morgan fingerprint density at radius 3 is 2.55 bits per heavy atom. The second-order valence-corrected chi connectivity index (χ2v) is 11.0. The van der Waals surface area contributed by atoms with Gasteiger partial charge in [-0.25, -0.2) is 0 Å². The van der Waals surface area contributed by atoms with E-state index in [1.165, 1.54) is 23.9 Å². The van der Waals surface area contributed by atoms with Crippen molar-refractivity contribution in [1.82, 2.24) is 0 Å². The Labute approximate surface area is 122 Å². The van der Waals surface area contributed by atoms with Crippen LogP contribution in [0.15, 0.2) is 42.0 Å². The van der Waals surface area contributed by atoms with E-state index in [9.17, 15) is 4.79 Å². The minimum atomic E-state index is -1.41. The van der Waals surface area contributed by atoms with E-state index < -0.39 is 8.07 Å². The van der Waals surface area contributed by atoms with Gasteiger partial charge in [-0.1, -0.05) is 60.3 Å². The first kappa shape index (κ1) is 15.0. The van der Waals surface area contributed by atoms with Gasteiger partial charge in [-0.2, -0.15) is 0 Å². The molecule has 0 heterocycles. The van der Waals surface area contributed by atoms with Gasteiger partial charge >= 0.3 is 5.97 Å². The van der Waals surface area contributed by atoms with E-state index in [2.05, 4.69) is 49.5 Å². The number of rotatable bonds is 4. The summed E-state index contributed by atoms with van der Waals surface area (Å²) in [4.78, 5) is 11.5. The summed E-state index contributed by atoms with van der Waals surface area (Å²) in [5, 5.41) is 1.51. The molecule has 1 aliphatic carbocycles. The van der Waals surface area contributed by atoms with Crippen LogP contribution in [0.25, 0.3) is 0 Å². The Kier molecular flexibility index (Phi) is 4.81. The van der Waals surface area contributed by atoms with Crippen LogP contribution in [0.4, 0.5) is 0 Å². The average Bonchev–Trinajstić information content (AvgIpc) is 2.48. The molecule has 108 valence electrons. The number of hydrogen-bond acceptors (Lipinski definition) is 2. The molecule has 1 aliphatic rings. The highest BCUT2D eigenvalue weighted by atomic mass is 28.3. The van der Waals surface area contributed by atoms with E-state index in [0.717, 1.165) is 19.3 Å². The molecule has 1 aromatic rings. The van der Waals surface area contributed by atoms with Crippen LogP contribution >= 0.6 is 0 Å². The van der Waals surface area contributed by atoms with E-state index in [-0.39, 0.29) is 11.9 Å². The Morgan fingerprint density at radius 2 is 2.00 bits per heavy atom. The molecule has 1 atom stereocenters. The molecular weight excluding hydrogens is 264 g/mol. The predicted molar refractivity (Wildman–Crippen MR) is 85.8 cm³/mol. The van der Waals surface area contributed by atoms with Crippen LogP contribution in [0.1, 0.15) is 19.3 Å². The van der Waals surface area contributed by atoms with Crippen molar-refractivity contribution in [2.45, 2.75) is 38.4 Å². The lowest BCUT2D eigenvalue weighted by Gasteiger charge is -2.27. The molecule has 3 heteroatoms. The second-order valence-electron chi connectivity index (χ2n) is 6.28. The summed E-state index contributed by atoms with van der Waals surface area (Å²) >= 11 is 0. The van der Waals surface area contributed by atoms with E-state index in [1.807, 2.05) is 0 Å². The summed E-state index contributed by atoms with van der Waals surface area (Å²) in [5.41, 5.74) is 1.53. The van der Waals surface area contributed by atoms with Gasteiger partial charge in [0, 0.05) is 0 Å². The molecule has 0 saturated heterocycles. The number of carbonyl (C=O) groups is 1. The van der Waals surface area contributed by atoms with Crippen molar-refractivity contribution in [3.05, 3.63) is 42.0 Å². The fourth-order valence-electron chi connectivity index (χ4n) is 2.99. The first-order valence-electron chi connectivity index (χ1n) is 7.34. The molecule has 0 saturated carbocycles. The highest BCUT2D eigenvalue weighted by Gasteiger charge is 2.28. The van der Waals surface area contributed by atoms with Gasteiger partial charge in [-0.05, 0) is 25.3 Å². The first-order valence-corrected chi connectivity index (χ1v) is 10.5. The van der Waals surface area contributed by atoms with Crippen LogP contribution in [-0.2, 0) is 9.53 Å². The van der Waals surface area contributed by atoms with Crippen molar-refractivity contribution >= 4 is 19.2 Å². The van der Waals surface area contributed by atoms with Crippen molar-refractivity contribution in [2.24, 2.45) is 5.92 Å². The summed E-state index contributed by atoms with van der Waals surface area (Å²) in [6.45, 7) is 4.85. The van der Waals surface area contributed by atoms with Crippen LogP contribution in [-0.4, -0.2) is 21.2 Å². The van der Waals surface area contributed by atoms with Crippen molar-refractivity contribution in [3.8, 4) is 0 Å².